The number of benzene rings is 4. The first-order valence-corrected chi connectivity index (χ1v) is 12.8. The fourth-order valence-electron chi connectivity index (χ4n) is 6.51. The van der Waals surface area contributed by atoms with Gasteiger partial charge in [0.05, 0.1) is 18.0 Å². The highest BCUT2D eigenvalue weighted by molar-refractivity contribution is 5.81. The Labute approximate surface area is 219 Å². The Kier molecular flexibility index (Phi) is 3.72. The molecule has 2 unspecified atom stereocenters. The highest BCUT2D eigenvalue weighted by Gasteiger charge is 2.70. The van der Waals surface area contributed by atoms with Gasteiger partial charge in [-0.2, -0.15) is 0 Å². The first-order chi connectivity index (χ1) is 18.8. The molecule has 9 rings (SSSR count). The molecule has 4 aliphatic heterocycles. The van der Waals surface area contributed by atoms with Crippen molar-refractivity contribution in [3.8, 4) is 34.3 Å². The molecule has 5 heteroatoms. The maximum Gasteiger partial charge on any atom is 0.374 e. The smallest absolute Gasteiger partial charge is 0.374 e. The Morgan fingerprint density at radius 1 is 0.605 bits per heavy atom. The van der Waals surface area contributed by atoms with E-state index in [1.807, 2.05) is 48.5 Å². The van der Waals surface area contributed by atoms with E-state index < -0.39 is 5.54 Å². The van der Waals surface area contributed by atoms with E-state index in [2.05, 4.69) is 82.5 Å². The first kappa shape index (κ1) is 20.1. The van der Waals surface area contributed by atoms with Crippen LogP contribution in [0.3, 0.4) is 0 Å². The van der Waals surface area contributed by atoms with Crippen LogP contribution in [-0.2, 0) is 10.3 Å². The summed E-state index contributed by atoms with van der Waals surface area (Å²) in [7, 11) is 0. The van der Waals surface area contributed by atoms with Crippen LogP contribution in [0.25, 0.3) is 16.9 Å². The number of nitrogens with zero attached hydrogens (tertiary/aromatic N) is 2. The second-order valence-corrected chi connectivity index (χ2v) is 9.97. The van der Waals surface area contributed by atoms with Crippen molar-refractivity contribution in [2.45, 2.75) is 11.8 Å². The summed E-state index contributed by atoms with van der Waals surface area (Å²) in [6, 6.07) is 37.3. The number of ether oxygens (including phenoxy) is 3. The maximum atomic E-state index is 6.94. The number of fused-ring (bicyclic) bond motifs is 3. The van der Waals surface area contributed by atoms with Gasteiger partial charge >= 0.3 is 5.88 Å². The zero-order valence-corrected chi connectivity index (χ0v) is 20.2. The van der Waals surface area contributed by atoms with Crippen LogP contribution >= 0.6 is 0 Å². The van der Waals surface area contributed by atoms with Crippen LogP contribution in [0.15, 0.2) is 122 Å². The van der Waals surface area contributed by atoms with Crippen molar-refractivity contribution in [3.05, 3.63) is 138 Å². The summed E-state index contributed by atoms with van der Waals surface area (Å²) in [5.41, 5.74) is 5.91. The molecule has 5 nitrogen and oxygen atoms in total. The molecule has 0 saturated heterocycles. The maximum absolute atomic E-state index is 6.94. The average Bonchev–Trinajstić information content (AvgIpc) is 3.53. The number of anilines is 1. The molecule has 2 atom stereocenters. The highest BCUT2D eigenvalue weighted by atomic mass is 16.5. The third-order valence-electron chi connectivity index (χ3n) is 8.05. The Morgan fingerprint density at radius 3 is 2.13 bits per heavy atom. The van der Waals surface area contributed by atoms with E-state index in [1.54, 1.807) is 0 Å². The molecular formula is C33H21N2O3+. The molecule has 0 bridgehead atoms. The summed E-state index contributed by atoms with van der Waals surface area (Å²) < 4.78 is 22.0. The number of hydrogen-bond acceptors (Lipinski definition) is 4. The third kappa shape index (κ3) is 2.39. The standard InChI is InChI=1S/C33H21N2O3/c1-2-8-21(9-3-1)22-15-17-23(18-16-22)28-20-34-24-10-6-11-25-30(24)33(32(34)38-28)31-26(36-25)12-7-13-27(31)37-29-14-4-5-19-35(29)33/h1-20,32H/q+1. The van der Waals surface area contributed by atoms with E-state index in [1.165, 1.54) is 11.1 Å². The Morgan fingerprint density at radius 2 is 1.29 bits per heavy atom. The first-order valence-electron chi connectivity index (χ1n) is 12.8. The molecule has 1 aromatic heterocycles. The normalized spacial score (nSPS) is 20.7. The van der Waals surface area contributed by atoms with Crippen molar-refractivity contribution < 1.29 is 18.8 Å². The molecule has 0 fully saturated rings. The van der Waals surface area contributed by atoms with E-state index in [4.69, 9.17) is 14.2 Å². The average molecular weight is 494 g/mol. The summed E-state index contributed by atoms with van der Waals surface area (Å²) in [6.07, 6.45) is 3.87. The summed E-state index contributed by atoms with van der Waals surface area (Å²) in [6.45, 7) is 0. The van der Waals surface area contributed by atoms with Gasteiger partial charge in [-0.05, 0) is 41.5 Å². The van der Waals surface area contributed by atoms with E-state index in [9.17, 15) is 0 Å². The van der Waals surface area contributed by atoms with E-state index in [0.29, 0.717) is 0 Å². The minimum absolute atomic E-state index is 0.346. The fourth-order valence-corrected chi connectivity index (χ4v) is 6.51. The topological polar surface area (TPSA) is 34.8 Å². The molecule has 1 spiro atoms. The quantitative estimate of drug-likeness (QED) is 0.253. The molecule has 4 aromatic carbocycles. The molecule has 0 N–H and O–H groups in total. The molecule has 5 heterocycles. The van der Waals surface area contributed by atoms with E-state index >= 15 is 0 Å². The van der Waals surface area contributed by atoms with Gasteiger partial charge in [0.2, 0.25) is 0 Å². The summed E-state index contributed by atoms with van der Waals surface area (Å²) in [5, 5.41) is 0. The van der Waals surface area contributed by atoms with Crippen molar-refractivity contribution in [2.75, 3.05) is 4.90 Å². The van der Waals surface area contributed by atoms with Crippen molar-refractivity contribution in [1.82, 2.24) is 0 Å². The van der Waals surface area contributed by atoms with Crippen LogP contribution in [0.4, 0.5) is 5.69 Å². The van der Waals surface area contributed by atoms with E-state index in [-0.39, 0.29) is 6.23 Å². The van der Waals surface area contributed by atoms with Crippen molar-refractivity contribution in [3.63, 3.8) is 0 Å². The molecule has 0 radical (unpaired) electrons. The number of pyridine rings is 1. The molecule has 5 aromatic rings. The predicted octanol–water partition coefficient (Wildman–Crippen LogP) is 6.82. The van der Waals surface area contributed by atoms with Crippen molar-refractivity contribution >= 4 is 11.4 Å². The lowest BCUT2D eigenvalue weighted by atomic mass is 9.78. The number of hydrogen-bond donors (Lipinski definition) is 0. The molecule has 0 amide bonds. The van der Waals surface area contributed by atoms with Gasteiger partial charge < -0.3 is 19.1 Å². The monoisotopic (exact) mass is 493 g/mol. The summed E-state index contributed by atoms with van der Waals surface area (Å²) in [4.78, 5) is 2.25. The molecule has 0 aliphatic carbocycles. The lowest BCUT2D eigenvalue weighted by molar-refractivity contribution is -0.756. The summed E-state index contributed by atoms with van der Waals surface area (Å²) >= 11 is 0. The highest BCUT2D eigenvalue weighted by Crippen LogP contribution is 2.63. The van der Waals surface area contributed by atoms with E-state index in [0.717, 1.165) is 51.3 Å². The molecule has 0 saturated carbocycles. The van der Waals surface area contributed by atoms with Gasteiger partial charge in [-0.3, -0.25) is 0 Å². The third-order valence-corrected chi connectivity index (χ3v) is 8.05. The molecule has 180 valence electrons. The lowest BCUT2D eigenvalue weighted by Crippen LogP contribution is -2.66. The Bertz CT molecular complexity index is 1800. The molecule has 4 aliphatic rings. The van der Waals surface area contributed by atoms with Crippen molar-refractivity contribution in [2.24, 2.45) is 0 Å². The van der Waals surface area contributed by atoms with Crippen LogP contribution < -0.4 is 18.9 Å². The number of rotatable bonds is 2. The largest absolute Gasteiger partial charge is 0.460 e. The van der Waals surface area contributed by atoms with Gasteiger partial charge in [-0.1, -0.05) is 66.7 Å². The number of aromatic nitrogens is 1. The van der Waals surface area contributed by atoms with Crippen LogP contribution in [0, 0.1) is 0 Å². The van der Waals surface area contributed by atoms with Crippen LogP contribution in [0.1, 0.15) is 16.7 Å². The minimum Gasteiger partial charge on any atom is -0.460 e. The molecular weight excluding hydrogens is 472 g/mol. The summed E-state index contributed by atoms with van der Waals surface area (Å²) in [5.74, 6) is 4.04. The fraction of sp³-hybridized carbons (Fsp3) is 0.0606. The SMILES string of the molecule is C1=C(c2ccc(-c3ccccc3)cc2)OC2N1c1cccc3c1C21c2c(cccc2Oc2cccc[n+]21)O3. The van der Waals surface area contributed by atoms with Gasteiger partial charge in [0.25, 0.3) is 11.8 Å². The molecule has 38 heavy (non-hydrogen) atoms. The predicted molar refractivity (Wildman–Crippen MR) is 143 cm³/mol. The van der Waals surface area contributed by atoms with Crippen LogP contribution in [0.2, 0.25) is 0 Å². The van der Waals surface area contributed by atoms with Gasteiger partial charge in [-0.15, -0.1) is 4.57 Å². The lowest BCUT2D eigenvalue weighted by Gasteiger charge is -2.38. The second-order valence-electron chi connectivity index (χ2n) is 9.97. The zero-order valence-electron chi connectivity index (χ0n) is 20.2. The minimum atomic E-state index is -0.673. The van der Waals surface area contributed by atoms with Gasteiger partial charge in [0.1, 0.15) is 34.1 Å². The second kappa shape index (κ2) is 7.05. The van der Waals surface area contributed by atoms with Crippen LogP contribution in [-0.4, -0.2) is 6.23 Å². The Balaban J connectivity index is 1.24. The zero-order chi connectivity index (χ0) is 24.8. The van der Waals surface area contributed by atoms with Crippen molar-refractivity contribution in [1.29, 1.82) is 0 Å². The van der Waals surface area contributed by atoms with Gasteiger partial charge in [-0.25, -0.2) is 0 Å². The van der Waals surface area contributed by atoms with Gasteiger partial charge in [0, 0.05) is 11.6 Å². The van der Waals surface area contributed by atoms with Crippen LogP contribution in [0.5, 0.6) is 23.1 Å². The van der Waals surface area contributed by atoms with Gasteiger partial charge in [0.15, 0.2) is 6.20 Å². The Hall–Kier alpha value is -5.03.